The lowest BCUT2D eigenvalue weighted by atomic mass is 10.1. The Kier molecular flexibility index (Phi) is 4.71. The van der Waals surface area contributed by atoms with Crippen LogP contribution in [0, 0.1) is 0 Å². The summed E-state index contributed by atoms with van der Waals surface area (Å²) in [6, 6.07) is 6.07. The number of anilines is 1. The highest BCUT2D eigenvalue weighted by atomic mass is 16.2. The van der Waals surface area contributed by atoms with Gasteiger partial charge in [0.1, 0.15) is 6.04 Å². The first-order valence-corrected chi connectivity index (χ1v) is 6.70. The van der Waals surface area contributed by atoms with Crippen LogP contribution in [0.2, 0.25) is 0 Å². The second kappa shape index (κ2) is 6.69. The van der Waals surface area contributed by atoms with Gasteiger partial charge in [-0.2, -0.15) is 0 Å². The van der Waals surface area contributed by atoms with Crippen molar-refractivity contribution in [2.24, 2.45) is 0 Å². The molecule has 0 spiro atoms. The van der Waals surface area contributed by atoms with E-state index in [1.54, 1.807) is 30.3 Å². The van der Waals surface area contributed by atoms with Crippen LogP contribution in [-0.4, -0.2) is 30.3 Å². The third kappa shape index (κ3) is 3.68. The fourth-order valence-electron chi connectivity index (χ4n) is 2.06. The lowest BCUT2D eigenvalue weighted by Crippen LogP contribution is -2.42. The Morgan fingerprint density at radius 3 is 2.86 bits per heavy atom. The molecule has 1 aromatic carbocycles. The highest BCUT2D eigenvalue weighted by Gasteiger charge is 2.27. The van der Waals surface area contributed by atoms with E-state index in [9.17, 15) is 14.4 Å². The van der Waals surface area contributed by atoms with E-state index < -0.39 is 6.04 Å². The fraction of sp³-hybridized carbons (Fsp3) is 0.267. The molecule has 3 amide bonds. The van der Waals surface area contributed by atoms with Crippen LogP contribution in [0.4, 0.5) is 5.69 Å². The number of benzene rings is 1. The Morgan fingerprint density at radius 2 is 2.10 bits per heavy atom. The van der Waals surface area contributed by atoms with Gasteiger partial charge in [0.15, 0.2) is 0 Å². The van der Waals surface area contributed by atoms with E-state index in [-0.39, 0.29) is 30.6 Å². The molecule has 1 aliphatic heterocycles. The summed E-state index contributed by atoms with van der Waals surface area (Å²) in [5.41, 5.74) is 0.906. The zero-order valence-corrected chi connectivity index (χ0v) is 11.5. The van der Waals surface area contributed by atoms with Crippen molar-refractivity contribution in [3.63, 3.8) is 0 Å². The first-order chi connectivity index (χ1) is 10.1. The maximum Gasteiger partial charge on any atom is 0.254 e. The molecule has 1 atom stereocenters. The number of nitrogens with one attached hydrogen (secondary N) is 3. The van der Waals surface area contributed by atoms with E-state index in [1.165, 1.54) is 0 Å². The molecule has 0 aromatic heterocycles. The van der Waals surface area contributed by atoms with Gasteiger partial charge in [-0.05, 0) is 18.6 Å². The maximum absolute atomic E-state index is 12.1. The number of fused-ring (bicyclic) bond motifs is 1. The number of hydrogen-bond acceptors (Lipinski definition) is 3. The van der Waals surface area contributed by atoms with Crippen molar-refractivity contribution in [2.75, 3.05) is 11.9 Å². The second-order valence-electron chi connectivity index (χ2n) is 4.69. The molecule has 110 valence electrons. The minimum atomic E-state index is -0.723. The van der Waals surface area contributed by atoms with E-state index in [2.05, 4.69) is 22.5 Å². The van der Waals surface area contributed by atoms with Gasteiger partial charge >= 0.3 is 0 Å². The van der Waals surface area contributed by atoms with E-state index in [0.717, 1.165) is 0 Å². The summed E-state index contributed by atoms with van der Waals surface area (Å²) in [7, 11) is 0. The Morgan fingerprint density at radius 1 is 1.33 bits per heavy atom. The van der Waals surface area contributed by atoms with Crippen molar-refractivity contribution in [1.82, 2.24) is 10.6 Å². The summed E-state index contributed by atoms with van der Waals surface area (Å²) in [6.07, 6.45) is 1.98. The van der Waals surface area contributed by atoms with Crippen molar-refractivity contribution in [1.29, 1.82) is 0 Å². The zero-order chi connectivity index (χ0) is 15.2. The first-order valence-electron chi connectivity index (χ1n) is 6.70. The van der Waals surface area contributed by atoms with Crippen LogP contribution in [0.15, 0.2) is 36.9 Å². The molecule has 0 radical (unpaired) electrons. The summed E-state index contributed by atoms with van der Waals surface area (Å²) in [5, 5.41) is 7.97. The fourth-order valence-corrected chi connectivity index (χ4v) is 2.06. The van der Waals surface area contributed by atoms with Crippen molar-refractivity contribution in [2.45, 2.75) is 18.9 Å². The summed E-state index contributed by atoms with van der Waals surface area (Å²) in [6.45, 7) is 3.89. The molecular weight excluding hydrogens is 270 g/mol. The number of para-hydroxylation sites is 1. The van der Waals surface area contributed by atoms with Gasteiger partial charge in [-0.3, -0.25) is 14.4 Å². The van der Waals surface area contributed by atoms with Crippen LogP contribution in [0.1, 0.15) is 23.2 Å². The molecule has 6 heteroatoms. The van der Waals surface area contributed by atoms with Crippen LogP contribution in [0.5, 0.6) is 0 Å². The predicted octanol–water partition coefficient (Wildman–Crippen LogP) is 0.819. The molecule has 3 N–H and O–H groups in total. The normalized spacial score (nSPS) is 17.0. The molecule has 1 heterocycles. The van der Waals surface area contributed by atoms with Gasteiger partial charge in [0, 0.05) is 13.0 Å². The smallest absolute Gasteiger partial charge is 0.254 e. The van der Waals surface area contributed by atoms with Crippen LogP contribution >= 0.6 is 0 Å². The summed E-state index contributed by atoms with van der Waals surface area (Å²) < 4.78 is 0. The Hall–Kier alpha value is -2.63. The molecule has 1 aromatic rings. The SMILES string of the molecule is C=CCNC(=O)CCC1NC(=O)c2ccccc2NC1=O. The Balaban J connectivity index is 2.00. The molecule has 0 saturated carbocycles. The molecule has 1 aliphatic rings. The van der Waals surface area contributed by atoms with Gasteiger partial charge in [-0.25, -0.2) is 0 Å². The van der Waals surface area contributed by atoms with E-state index in [4.69, 9.17) is 0 Å². The molecule has 2 rings (SSSR count). The minimum absolute atomic E-state index is 0.155. The van der Waals surface area contributed by atoms with Gasteiger partial charge in [0.2, 0.25) is 11.8 Å². The summed E-state index contributed by atoms with van der Waals surface area (Å²) >= 11 is 0. The third-order valence-corrected chi connectivity index (χ3v) is 3.16. The molecule has 21 heavy (non-hydrogen) atoms. The number of amides is 3. The van der Waals surface area contributed by atoms with Gasteiger partial charge in [-0.1, -0.05) is 18.2 Å². The number of carbonyl (C=O) groups is 3. The number of rotatable bonds is 5. The van der Waals surface area contributed by atoms with Crippen molar-refractivity contribution in [3.8, 4) is 0 Å². The van der Waals surface area contributed by atoms with Gasteiger partial charge in [0.05, 0.1) is 11.3 Å². The van der Waals surface area contributed by atoms with Gasteiger partial charge in [0.25, 0.3) is 5.91 Å². The van der Waals surface area contributed by atoms with Crippen LogP contribution < -0.4 is 16.0 Å². The molecular formula is C15H17N3O3. The quantitative estimate of drug-likeness (QED) is 0.701. The monoisotopic (exact) mass is 287 g/mol. The molecule has 0 bridgehead atoms. The Labute approximate surface area is 122 Å². The van der Waals surface area contributed by atoms with E-state index in [1.807, 2.05) is 0 Å². The van der Waals surface area contributed by atoms with Crippen molar-refractivity contribution >= 4 is 23.4 Å². The number of hydrogen-bond donors (Lipinski definition) is 3. The largest absolute Gasteiger partial charge is 0.353 e. The standard InChI is InChI=1S/C15H17N3O3/c1-2-9-16-13(19)8-7-12-15(21)17-11-6-4-3-5-10(11)14(20)18-12/h2-6,12H,1,7-9H2,(H,16,19)(H,17,21)(H,18,20). The average molecular weight is 287 g/mol. The number of carbonyl (C=O) groups excluding carboxylic acids is 3. The lowest BCUT2D eigenvalue weighted by Gasteiger charge is -2.14. The minimum Gasteiger partial charge on any atom is -0.353 e. The third-order valence-electron chi connectivity index (χ3n) is 3.16. The van der Waals surface area contributed by atoms with Crippen molar-refractivity contribution in [3.05, 3.63) is 42.5 Å². The molecule has 0 fully saturated rings. The zero-order valence-electron chi connectivity index (χ0n) is 11.5. The maximum atomic E-state index is 12.1. The van der Waals surface area contributed by atoms with Crippen LogP contribution in [-0.2, 0) is 9.59 Å². The molecule has 0 saturated heterocycles. The molecule has 0 aliphatic carbocycles. The van der Waals surface area contributed by atoms with Crippen LogP contribution in [0.25, 0.3) is 0 Å². The van der Waals surface area contributed by atoms with E-state index in [0.29, 0.717) is 17.8 Å². The first kappa shape index (κ1) is 14.8. The average Bonchev–Trinajstić information content (AvgIpc) is 2.60. The molecule has 1 unspecified atom stereocenters. The predicted molar refractivity (Wildman–Crippen MR) is 78.8 cm³/mol. The van der Waals surface area contributed by atoms with E-state index >= 15 is 0 Å². The van der Waals surface area contributed by atoms with Crippen LogP contribution in [0.3, 0.4) is 0 Å². The van der Waals surface area contributed by atoms with Gasteiger partial charge in [-0.15, -0.1) is 6.58 Å². The summed E-state index contributed by atoms with van der Waals surface area (Å²) in [4.78, 5) is 35.7. The highest BCUT2D eigenvalue weighted by molar-refractivity contribution is 6.09. The van der Waals surface area contributed by atoms with Gasteiger partial charge < -0.3 is 16.0 Å². The Bertz CT molecular complexity index is 583. The summed E-state index contributed by atoms with van der Waals surface area (Å²) in [5.74, 6) is -0.816. The topological polar surface area (TPSA) is 87.3 Å². The molecule has 6 nitrogen and oxygen atoms in total. The second-order valence-corrected chi connectivity index (χ2v) is 4.69. The highest BCUT2D eigenvalue weighted by Crippen LogP contribution is 2.19. The van der Waals surface area contributed by atoms with Crippen molar-refractivity contribution < 1.29 is 14.4 Å². The lowest BCUT2D eigenvalue weighted by molar-refractivity contribution is -0.121.